The Morgan fingerprint density at radius 1 is 1.62 bits per heavy atom. The van der Waals surface area contributed by atoms with Gasteiger partial charge >= 0.3 is 0 Å². The van der Waals surface area contributed by atoms with E-state index in [0.29, 0.717) is 0 Å². The van der Waals surface area contributed by atoms with Crippen LogP contribution in [-0.4, -0.2) is 11.5 Å². The topological polar surface area (TPSA) is 44.9 Å². The van der Waals surface area contributed by atoms with Gasteiger partial charge in [-0.25, -0.2) is 0 Å². The average molecular weight is 180 g/mol. The summed E-state index contributed by atoms with van der Waals surface area (Å²) in [5.74, 6) is 0. The van der Waals surface area contributed by atoms with Crippen LogP contribution in [0.25, 0.3) is 0 Å². The van der Waals surface area contributed by atoms with Crippen molar-refractivity contribution >= 4 is 0 Å². The first-order chi connectivity index (χ1) is 6.24. The molecule has 3 heteroatoms. The number of aromatic nitrogens is 1. The van der Waals surface area contributed by atoms with Crippen molar-refractivity contribution < 1.29 is 0 Å². The molecule has 1 aromatic heterocycles. The molecule has 0 bridgehead atoms. The second kappa shape index (κ2) is 4.82. The predicted octanol–water partition coefficient (Wildman–Crippen LogP) is 1.44. The lowest BCUT2D eigenvalue weighted by molar-refractivity contribution is 0.570. The summed E-state index contributed by atoms with van der Waals surface area (Å²) >= 11 is 0. The molecule has 1 atom stereocenters. The van der Waals surface area contributed by atoms with Crippen LogP contribution in [0.4, 0.5) is 0 Å². The van der Waals surface area contributed by atoms with Crippen LogP contribution in [0.1, 0.15) is 31.9 Å². The highest BCUT2D eigenvalue weighted by molar-refractivity contribution is 5.13. The van der Waals surface area contributed by atoms with E-state index in [1.165, 1.54) is 0 Å². The van der Waals surface area contributed by atoms with E-state index in [4.69, 9.17) is 0 Å². The summed E-state index contributed by atoms with van der Waals surface area (Å²) in [7, 11) is 0. The molecule has 1 rings (SSSR count). The highest BCUT2D eigenvalue weighted by Gasteiger charge is 2.02. The van der Waals surface area contributed by atoms with Gasteiger partial charge in [-0.1, -0.05) is 6.92 Å². The fourth-order valence-electron chi connectivity index (χ4n) is 1.21. The molecule has 2 N–H and O–H groups in total. The standard InChI is InChI=1S/C10H16N2O/c1-3-5-11-8(2)9-4-6-12-10(13)7-9/h4,6-8,11H,3,5H2,1-2H3,(H,12,13). The monoisotopic (exact) mass is 180 g/mol. The van der Waals surface area contributed by atoms with Crippen LogP contribution >= 0.6 is 0 Å². The van der Waals surface area contributed by atoms with Gasteiger partial charge < -0.3 is 10.3 Å². The SMILES string of the molecule is CCCNC(C)c1cc[nH]c(=O)c1. The van der Waals surface area contributed by atoms with Crippen LogP contribution in [0.3, 0.4) is 0 Å². The van der Waals surface area contributed by atoms with Crippen molar-refractivity contribution in [2.45, 2.75) is 26.3 Å². The van der Waals surface area contributed by atoms with Gasteiger partial charge in [0.05, 0.1) is 0 Å². The molecule has 1 unspecified atom stereocenters. The molecule has 1 aromatic rings. The lowest BCUT2D eigenvalue weighted by atomic mass is 10.1. The maximum Gasteiger partial charge on any atom is 0.248 e. The molecule has 0 aromatic carbocycles. The van der Waals surface area contributed by atoms with Gasteiger partial charge in [-0.2, -0.15) is 0 Å². The zero-order chi connectivity index (χ0) is 9.68. The maximum absolute atomic E-state index is 11.0. The highest BCUT2D eigenvalue weighted by Crippen LogP contribution is 2.07. The quantitative estimate of drug-likeness (QED) is 0.736. The van der Waals surface area contributed by atoms with Crippen molar-refractivity contribution in [2.24, 2.45) is 0 Å². The van der Waals surface area contributed by atoms with Crippen molar-refractivity contribution in [3.05, 3.63) is 34.2 Å². The third kappa shape index (κ3) is 3.03. The largest absolute Gasteiger partial charge is 0.329 e. The minimum atomic E-state index is -0.0392. The van der Waals surface area contributed by atoms with Gasteiger partial charge in [-0.3, -0.25) is 4.79 Å². The summed E-state index contributed by atoms with van der Waals surface area (Å²) < 4.78 is 0. The Bertz CT molecular complexity index is 306. The van der Waals surface area contributed by atoms with Crippen LogP contribution in [0, 0.1) is 0 Å². The van der Waals surface area contributed by atoms with E-state index in [0.717, 1.165) is 18.5 Å². The minimum absolute atomic E-state index is 0.0392. The Balaban J connectivity index is 2.65. The predicted molar refractivity (Wildman–Crippen MR) is 53.8 cm³/mol. The molecule has 72 valence electrons. The van der Waals surface area contributed by atoms with Crippen molar-refractivity contribution in [3.63, 3.8) is 0 Å². The smallest absolute Gasteiger partial charge is 0.248 e. The van der Waals surface area contributed by atoms with Gasteiger partial charge in [0.2, 0.25) is 5.56 Å². The Morgan fingerprint density at radius 2 is 2.38 bits per heavy atom. The first kappa shape index (κ1) is 9.99. The van der Waals surface area contributed by atoms with E-state index >= 15 is 0 Å². The molecule has 0 spiro atoms. The average Bonchev–Trinajstić information content (AvgIpc) is 2.14. The molecule has 0 aliphatic carbocycles. The molecule has 0 amide bonds. The number of hydrogen-bond acceptors (Lipinski definition) is 2. The van der Waals surface area contributed by atoms with E-state index in [-0.39, 0.29) is 11.6 Å². The zero-order valence-electron chi connectivity index (χ0n) is 8.13. The van der Waals surface area contributed by atoms with Gasteiger partial charge in [-0.05, 0) is 31.5 Å². The summed E-state index contributed by atoms with van der Waals surface area (Å²) in [4.78, 5) is 13.6. The minimum Gasteiger partial charge on any atom is -0.329 e. The molecule has 0 aliphatic heterocycles. The van der Waals surface area contributed by atoms with Crippen LogP contribution < -0.4 is 10.9 Å². The summed E-state index contributed by atoms with van der Waals surface area (Å²) in [5, 5.41) is 3.32. The van der Waals surface area contributed by atoms with E-state index in [9.17, 15) is 4.79 Å². The number of aromatic amines is 1. The molecule has 0 aliphatic rings. The molecule has 1 heterocycles. The molecule has 3 nitrogen and oxygen atoms in total. The second-order valence-corrected chi connectivity index (χ2v) is 3.16. The van der Waals surface area contributed by atoms with Gasteiger partial charge in [0, 0.05) is 18.3 Å². The van der Waals surface area contributed by atoms with Crippen molar-refractivity contribution in [2.75, 3.05) is 6.54 Å². The van der Waals surface area contributed by atoms with Crippen LogP contribution in [0.5, 0.6) is 0 Å². The maximum atomic E-state index is 11.0. The lowest BCUT2D eigenvalue weighted by Gasteiger charge is -2.12. The highest BCUT2D eigenvalue weighted by atomic mass is 16.1. The van der Waals surface area contributed by atoms with Crippen LogP contribution in [0.15, 0.2) is 23.1 Å². The number of pyridine rings is 1. The van der Waals surface area contributed by atoms with Crippen molar-refractivity contribution in [1.82, 2.24) is 10.3 Å². The summed E-state index contributed by atoms with van der Waals surface area (Å²) in [5.41, 5.74) is 1.000. The van der Waals surface area contributed by atoms with Gasteiger partial charge in [0.25, 0.3) is 0 Å². The Morgan fingerprint density at radius 3 is 3.00 bits per heavy atom. The lowest BCUT2D eigenvalue weighted by Crippen LogP contribution is -2.20. The molecule has 0 saturated carbocycles. The number of nitrogens with one attached hydrogen (secondary N) is 2. The molecular formula is C10H16N2O. The van der Waals surface area contributed by atoms with Crippen molar-refractivity contribution in [3.8, 4) is 0 Å². The van der Waals surface area contributed by atoms with Crippen molar-refractivity contribution in [1.29, 1.82) is 0 Å². The zero-order valence-corrected chi connectivity index (χ0v) is 8.13. The Hall–Kier alpha value is -1.09. The van der Waals surface area contributed by atoms with E-state index in [2.05, 4.69) is 24.1 Å². The second-order valence-electron chi connectivity index (χ2n) is 3.16. The Kier molecular flexibility index (Phi) is 3.71. The molecular weight excluding hydrogens is 164 g/mol. The van der Waals surface area contributed by atoms with Crippen LogP contribution in [-0.2, 0) is 0 Å². The fraction of sp³-hybridized carbons (Fsp3) is 0.500. The van der Waals surface area contributed by atoms with Crippen LogP contribution in [0.2, 0.25) is 0 Å². The van der Waals surface area contributed by atoms with Gasteiger partial charge in [0.15, 0.2) is 0 Å². The molecule has 13 heavy (non-hydrogen) atoms. The first-order valence-electron chi connectivity index (χ1n) is 4.66. The van der Waals surface area contributed by atoms with E-state index in [1.807, 2.05) is 6.07 Å². The van der Waals surface area contributed by atoms with Gasteiger partial charge in [0.1, 0.15) is 0 Å². The third-order valence-corrected chi connectivity index (χ3v) is 2.00. The number of hydrogen-bond donors (Lipinski definition) is 2. The molecule has 0 radical (unpaired) electrons. The van der Waals surface area contributed by atoms with E-state index < -0.39 is 0 Å². The molecule has 0 saturated heterocycles. The van der Waals surface area contributed by atoms with E-state index in [1.54, 1.807) is 12.3 Å². The van der Waals surface area contributed by atoms with Gasteiger partial charge in [-0.15, -0.1) is 0 Å². The Labute approximate surface area is 78.2 Å². The summed E-state index contributed by atoms with van der Waals surface area (Å²) in [6.07, 6.45) is 2.79. The first-order valence-corrected chi connectivity index (χ1v) is 4.66. The number of H-pyrrole nitrogens is 1. The summed E-state index contributed by atoms with van der Waals surface area (Å²) in [6, 6.07) is 3.81. The molecule has 0 fully saturated rings. The normalized spacial score (nSPS) is 12.8. The summed E-state index contributed by atoms with van der Waals surface area (Å²) in [6.45, 7) is 5.16. The number of rotatable bonds is 4. The fourth-order valence-corrected chi connectivity index (χ4v) is 1.21. The third-order valence-electron chi connectivity index (χ3n) is 2.00.